The molecular formula is C11H14ClN3O. The van der Waals surface area contributed by atoms with Crippen LogP contribution in [0.4, 0.5) is 0 Å². The van der Waals surface area contributed by atoms with Crippen LogP contribution in [0.1, 0.15) is 24.5 Å². The van der Waals surface area contributed by atoms with E-state index in [1.807, 2.05) is 6.20 Å². The van der Waals surface area contributed by atoms with E-state index < -0.39 is 0 Å². The van der Waals surface area contributed by atoms with E-state index in [1.54, 1.807) is 6.33 Å². The molecule has 3 rings (SSSR count). The number of aromatic nitrogens is 3. The number of H-pyrrole nitrogens is 1. The Hall–Kier alpha value is -1.13. The Kier molecular flexibility index (Phi) is 3.41. The minimum Gasteiger partial charge on any atom is -0.381 e. The molecule has 86 valence electrons. The van der Waals surface area contributed by atoms with Gasteiger partial charge in [-0.25, -0.2) is 9.97 Å². The van der Waals surface area contributed by atoms with Crippen molar-refractivity contribution in [3.63, 3.8) is 0 Å². The largest absolute Gasteiger partial charge is 0.381 e. The van der Waals surface area contributed by atoms with Gasteiger partial charge in [-0.2, -0.15) is 0 Å². The molecule has 1 fully saturated rings. The molecule has 16 heavy (non-hydrogen) atoms. The van der Waals surface area contributed by atoms with Gasteiger partial charge < -0.3 is 9.72 Å². The van der Waals surface area contributed by atoms with Crippen LogP contribution in [0.3, 0.4) is 0 Å². The fourth-order valence-electron chi connectivity index (χ4n) is 2.19. The standard InChI is InChI=1S/C11H13N3O.ClH/c1-4-12-11-9(1)10(13-7-14-11)8-2-5-15-6-3-8;/h1,4,7-8H,2-3,5-6H2,(H,12,13,14);1H. The Morgan fingerprint density at radius 2 is 2.06 bits per heavy atom. The maximum atomic E-state index is 5.36. The molecule has 2 aromatic heterocycles. The second-order valence-electron chi connectivity index (χ2n) is 3.89. The molecule has 2 aromatic rings. The minimum atomic E-state index is 0. The zero-order valence-electron chi connectivity index (χ0n) is 8.85. The van der Waals surface area contributed by atoms with Crippen molar-refractivity contribution in [1.29, 1.82) is 0 Å². The van der Waals surface area contributed by atoms with Crippen LogP contribution in [0.25, 0.3) is 11.0 Å². The summed E-state index contributed by atoms with van der Waals surface area (Å²) in [4.78, 5) is 11.7. The first-order chi connectivity index (χ1) is 7.45. The number of hydrogen-bond donors (Lipinski definition) is 1. The molecule has 1 N–H and O–H groups in total. The van der Waals surface area contributed by atoms with Gasteiger partial charge >= 0.3 is 0 Å². The normalized spacial score (nSPS) is 17.2. The van der Waals surface area contributed by atoms with Gasteiger partial charge in [0.1, 0.15) is 12.0 Å². The number of halogens is 1. The van der Waals surface area contributed by atoms with Crippen molar-refractivity contribution < 1.29 is 4.74 Å². The lowest BCUT2D eigenvalue weighted by atomic mass is 9.94. The quantitative estimate of drug-likeness (QED) is 0.831. The molecule has 0 atom stereocenters. The van der Waals surface area contributed by atoms with Gasteiger partial charge in [-0.15, -0.1) is 12.4 Å². The average Bonchev–Trinajstić information content (AvgIpc) is 2.78. The smallest absolute Gasteiger partial charge is 0.140 e. The minimum absolute atomic E-state index is 0. The van der Waals surface area contributed by atoms with Crippen molar-refractivity contribution in [3.05, 3.63) is 24.3 Å². The van der Waals surface area contributed by atoms with Crippen molar-refractivity contribution in [2.75, 3.05) is 13.2 Å². The third-order valence-electron chi connectivity index (χ3n) is 2.99. The molecule has 0 radical (unpaired) electrons. The molecule has 3 heterocycles. The highest BCUT2D eigenvalue weighted by Gasteiger charge is 2.19. The summed E-state index contributed by atoms with van der Waals surface area (Å²) in [5, 5.41) is 1.16. The third-order valence-corrected chi connectivity index (χ3v) is 2.99. The van der Waals surface area contributed by atoms with E-state index in [0.29, 0.717) is 5.92 Å². The molecule has 1 aliphatic rings. The molecule has 0 aromatic carbocycles. The van der Waals surface area contributed by atoms with Gasteiger partial charge in [0.15, 0.2) is 0 Å². The van der Waals surface area contributed by atoms with Crippen LogP contribution in [0.5, 0.6) is 0 Å². The van der Waals surface area contributed by atoms with Gasteiger partial charge in [0.05, 0.1) is 5.69 Å². The van der Waals surface area contributed by atoms with E-state index in [4.69, 9.17) is 4.74 Å². The summed E-state index contributed by atoms with van der Waals surface area (Å²) in [6.45, 7) is 1.70. The molecule has 1 aliphatic heterocycles. The van der Waals surface area contributed by atoms with Crippen LogP contribution in [0, 0.1) is 0 Å². The summed E-state index contributed by atoms with van der Waals surface area (Å²) in [6, 6.07) is 2.06. The molecule has 0 unspecified atom stereocenters. The van der Waals surface area contributed by atoms with Gasteiger partial charge in [-0.1, -0.05) is 0 Å². The highest BCUT2D eigenvalue weighted by molar-refractivity contribution is 5.85. The van der Waals surface area contributed by atoms with E-state index >= 15 is 0 Å². The van der Waals surface area contributed by atoms with Crippen LogP contribution in [-0.4, -0.2) is 28.2 Å². The highest BCUT2D eigenvalue weighted by atomic mass is 35.5. The van der Waals surface area contributed by atoms with Gasteiger partial charge in [-0.3, -0.25) is 0 Å². The number of nitrogens with one attached hydrogen (secondary N) is 1. The van der Waals surface area contributed by atoms with Crippen molar-refractivity contribution >= 4 is 23.4 Å². The SMILES string of the molecule is Cl.c1nc(C2CCOCC2)c2cc[nH]c2n1. The van der Waals surface area contributed by atoms with Gasteiger partial charge in [0.2, 0.25) is 0 Å². The lowest BCUT2D eigenvalue weighted by molar-refractivity contribution is 0.0848. The monoisotopic (exact) mass is 239 g/mol. The molecule has 0 spiro atoms. The number of hydrogen-bond acceptors (Lipinski definition) is 3. The lowest BCUT2D eigenvalue weighted by Gasteiger charge is -2.21. The van der Waals surface area contributed by atoms with Crippen LogP contribution in [0.2, 0.25) is 0 Å². The molecule has 0 aliphatic carbocycles. The van der Waals surface area contributed by atoms with Gasteiger partial charge in [0, 0.05) is 30.7 Å². The number of ether oxygens (including phenoxy) is 1. The van der Waals surface area contributed by atoms with Gasteiger partial charge in [-0.05, 0) is 18.9 Å². The average molecular weight is 240 g/mol. The topological polar surface area (TPSA) is 50.8 Å². The third kappa shape index (κ3) is 1.90. The van der Waals surface area contributed by atoms with Gasteiger partial charge in [0.25, 0.3) is 0 Å². The summed E-state index contributed by atoms with van der Waals surface area (Å²) < 4.78 is 5.36. The van der Waals surface area contributed by atoms with Crippen molar-refractivity contribution in [2.45, 2.75) is 18.8 Å². The zero-order chi connectivity index (χ0) is 10.1. The Bertz CT molecular complexity index is 465. The number of nitrogens with zero attached hydrogens (tertiary/aromatic N) is 2. The highest BCUT2D eigenvalue weighted by Crippen LogP contribution is 2.29. The van der Waals surface area contributed by atoms with Crippen molar-refractivity contribution in [2.24, 2.45) is 0 Å². The van der Waals surface area contributed by atoms with Crippen molar-refractivity contribution in [1.82, 2.24) is 15.0 Å². The van der Waals surface area contributed by atoms with E-state index in [2.05, 4.69) is 21.0 Å². The second kappa shape index (κ2) is 4.80. The Balaban J connectivity index is 0.000000963. The van der Waals surface area contributed by atoms with E-state index in [0.717, 1.165) is 37.1 Å². The van der Waals surface area contributed by atoms with E-state index in [9.17, 15) is 0 Å². The molecule has 0 saturated carbocycles. The number of rotatable bonds is 1. The molecule has 5 heteroatoms. The summed E-state index contributed by atoms with van der Waals surface area (Å²) >= 11 is 0. The van der Waals surface area contributed by atoms with E-state index in [1.165, 1.54) is 5.69 Å². The molecule has 0 bridgehead atoms. The summed E-state index contributed by atoms with van der Waals surface area (Å²) in [5.41, 5.74) is 2.11. The summed E-state index contributed by atoms with van der Waals surface area (Å²) in [6.07, 6.45) is 5.69. The van der Waals surface area contributed by atoms with Crippen LogP contribution in [0.15, 0.2) is 18.6 Å². The predicted molar refractivity (Wildman–Crippen MR) is 63.9 cm³/mol. The number of aromatic amines is 1. The first-order valence-corrected chi connectivity index (χ1v) is 5.31. The number of fused-ring (bicyclic) bond motifs is 1. The Morgan fingerprint density at radius 1 is 1.25 bits per heavy atom. The fourth-order valence-corrected chi connectivity index (χ4v) is 2.19. The van der Waals surface area contributed by atoms with Crippen LogP contribution in [-0.2, 0) is 4.74 Å². The molecule has 0 amide bonds. The molecule has 1 saturated heterocycles. The zero-order valence-corrected chi connectivity index (χ0v) is 9.67. The maximum Gasteiger partial charge on any atom is 0.140 e. The lowest BCUT2D eigenvalue weighted by Crippen LogP contribution is -2.15. The first-order valence-electron chi connectivity index (χ1n) is 5.31. The Labute approximate surface area is 99.8 Å². The maximum absolute atomic E-state index is 5.36. The molecular weight excluding hydrogens is 226 g/mol. The predicted octanol–water partition coefficient (Wildman–Crippen LogP) is 2.27. The fraction of sp³-hybridized carbons (Fsp3) is 0.455. The van der Waals surface area contributed by atoms with Crippen LogP contribution < -0.4 is 0 Å². The summed E-state index contributed by atoms with van der Waals surface area (Å²) in [5.74, 6) is 0.528. The van der Waals surface area contributed by atoms with Crippen LogP contribution >= 0.6 is 12.4 Å². The second-order valence-corrected chi connectivity index (χ2v) is 3.89. The Morgan fingerprint density at radius 3 is 2.88 bits per heavy atom. The van der Waals surface area contributed by atoms with Crippen molar-refractivity contribution in [3.8, 4) is 0 Å². The summed E-state index contributed by atoms with van der Waals surface area (Å²) in [7, 11) is 0. The molecule has 4 nitrogen and oxygen atoms in total. The van der Waals surface area contributed by atoms with E-state index in [-0.39, 0.29) is 12.4 Å². The first kappa shape index (κ1) is 11.4.